The van der Waals surface area contributed by atoms with Crippen molar-refractivity contribution in [1.29, 1.82) is 0 Å². The minimum atomic E-state index is -1.48. The Balaban J connectivity index is 1.52. The lowest BCUT2D eigenvalue weighted by Crippen LogP contribution is -2.17. The fourth-order valence-electron chi connectivity index (χ4n) is 3.79. The molecule has 2 unspecified atom stereocenters. The van der Waals surface area contributed by atoms with Crippen molar-refractivity contribution in [3.05, 3.63) is 98.8 Å². The summed E-state index contributed by atoms with van der Waals surface area (Å²) in [6.07, 6.45) is -0.360. The van der Waals surface area contributed by atoms with E-state index in [1.54, 1.807) is 0 Å². The molecule has 3 aromatic carbocycles. The van der Waals surface area contributed by atoms with E-state index >= 15 is 0 Å². The zero-order chi connectivity index (χ0) is 24.8. The number of amides is 1. The summed E-state index contributed by atoms with van der Waals surface area (Å²) in [5, 5.41) is 2.86. The van der Waals surface area contributed by atoms with Crippen LogP contribution >= 0.6 is 46.4 Å². The second-order valence-electron chi connectivity index (χ2n) is 7.85. The second-order valence-corrected chi connectivity index (χ2v) is 10.1. The van der Waals surface area contributed by atoms with E-state index in [1.165, 1.54) is 36.4 Å². The van der Waals surface area contributed by atoms with Gasteiger partial charge >= 0.3 is 0 Å². The van der Waals surface area contributed by atoms with Gasteiger partial charge in [-0.3, -0.25) is 9.59 Å². The quantitative estimate of drug-likeness (QED) is 0.259. The highest BCUT2D eigenvalue weighted by atomic mass is 35.5. The minimum absolute atomic E-state index is 0.000505. The fraction of sp³-hybridized carbons (Fsp3) is 0.167. The van der Waals surface area contributed by atoms with Gasteiger partial charge in [0, 0.05) is 34.7 Å². The van der Waals surface area contributed by atoms with Gasteiger partial charge in [-0.1, -0.05) is 29.3 Å². The standard InChI is InChI=1S/C24H14Cl4F3NO2/c25-13-5-12(6-15(30)8-13)21-22(24(21,27)28)23(34)32-16-3-4-18(26)17(10-16)20(33)7-11-1-2-14(29)9-19(11)31/h1-6,8-10,21-22H,7H2,(H,32,34). The Kier molecular flexibility index (Phi) is 6.89. The van der Waals surface area contributed by atoms with Gasteiger partial charge in [-0.15, -0.1) is 23.2 Å². The van der Waals surface area contributed by atoms with Gasteiger partial charge in [0.2, 0.25) is 5.91 Å². The number of nitrogens with one attached hydrogen (secondary N) is 1. The van der Waals surface area contributed by atoms with Crippen LogP contribution in [0.15, 0.2) is 54.6 Å². The maximum atomic E-state index is 13.9. The van der Waals surface area contributed by atoms with Crippen molar-refractivity contribution in [2.45, 2.75) is 16.7 Å². The van der Waals surface area contributed by atoms with Gasteiger partial charge in [-0.2, -0.15) is 0 Å². The first-order chi connectivity index (χ1) is 16.0. The predicted octanol–water partition coefficient (Wildman–Crippen LogP) is 7.36. The number of anilines is 1. The van der Waals surface area contributed by atoms with E-state index in [-0.39, 0.29) is 33.3 Å². The molecule has 4 rings (SSSR count). The lowest BCUT2D eigenvalue weighted by molar-refractivity contribution is -0.117. The minimum Gasteiger partial charge on any atom is -0.326 e. The van der Waals surface area contributed by atoms with Crippen LogP contribution in [0.3, 0.4) is 0 Å². The molecule has 2 atom stereocenters. The van der Waals surface area contributed by atoms with Crippen molar-refractivity contribution in [3.63, 3.8) is 0 Å². The van der Waals surface area contributed by atoms with E-state index in [0.29, 0.717) is 11.6 Å². The molecule has 3 nitrogen and oxygen atoms in total. The summed E-state index contributed by atoms with van der Waals surface area (Å²) in [7, 11) is 0. The van der Waals surface area contributed by atoms with Crippen LogP contribution in [-0.4, -0.2) is 16.0 Å². The van der Waals surface area contributed by atoms with E-state index < -0.39 is 45.3 Å². The molecular weight excluding hydrogens is 533 g/mol. The third kappa shape index (κ3) is 5.05. The number of benzene rings is 3. The van der Waals surface area contributed by atoms with Crippen molar-refractivity contribution in [2.24, 2.45) is 5.92 Å². The number of hydrogen-bond donors (Lipinski definition) is 1. The lowest BCUT2D eigenvalue weighted by atomic mass is 10.0. The van der Waals surface area contributed by atoms with E-state index in [2.05, 4.69) is 5.32 Å². The van der Waals surface area contributed by atoms with Crippen molar-refractivity contribution in [2.75, 3.05) is 5.32 Å². The number of ketones is 1. The Labute approximate surface area is 212 Å². The van der Waals surface area contributed by atoms with Crippen molar-refractivity contribution in [3.8, 4) is 0 Å². The average Bonchev–Trinajstić information content (AvgIpc) is 3.33. The zero-order valence-electron chi connectivity index (χ0n) is 17.0. The summed E-state index contributed by atoms with van der Waals surface area (Å²) in [6, 6.07) is 10.9. The van der Waals surface area contributed by atoms with Gasteiger partial charge in [-0.05, 0) is 53.6 Å². The van der Waals surface area contributed by atoms with Crippen LogP contribution in [0, 0.1) is 23.4 Å². The Morgan fingerprint density at radius 2 is 1.65 bits per heavy atom. The van der Waals surface area contributed by atoms with Crippen molar-refractivity contribution in [1.82, 2.24) is 0 Å². The fourth-order valence-corrected chi connectivity index (χ4v) is 5.07. The van der Waals surface area contributed by atoms with Crippen molar-refractivity contribution >= 4 is 63.8 Å². The maximum Gasteiger partial charge on any atom is 0.231 e. The number of rotatable bonds is 6. The summed E-state index contributed by atoms with van der Waals surface area (Å²) in [5.41, 5.74) is 0.642. The normalized spacial score (nSPS) is 18.4. The second kappa shape index (κ2) is 9.42. The average molecular weight is 547 g/mol. The number of alkyl halides is 2. The topological polar surface area (TPSA) is 46.2 Å². The van der Waals surface area contributed by atoms with Crippen LogP contribution in [0.25, 0.3) is 0 Å². The molecule has 0 spiro atoms. The molecule has 1 amide bonds. The van der Waals surface area contributed by atoms with Crippen molar-refractivity contribution < 1.29 is 22.8 Å². The van der Waals surface area contributed by atoms with Gasteiger partial charge in [0.15, 0.2) is 5.78 Å². The van der Waals surface area contributed by atoms with Gasteiger partial charge in [0.1, 0.15) is 21.8 Å². The summed E-state index contributed by atoms with van der Waals surface area (Å²) in [5.74, 6) is -4.89. The van der Waals surface area contributed by atoms with Crippen LogP contribution in [0.4, 0.5) is 18.9 Å². The smallest absolute Gasteiger partial charge is 0.231 e. The van der Waals surface area contributed by atoms with Crippen LogP contribution in [0.2, 0.25) is 10.0 Å². The van der Waals surface area contributed by atoms with Crippen LogP contribution in [0.1, 0.15) is 27.4 Å². The number of Topliss-reactive ketones (excluding diaryl/α,β-unsaturated/α-hetero) is 1. The Morgan fingerprint density at radius 3 is 2.32 bits per heavy atom. The Bertz CT molecular complexity index is 1300. The number of carbonyl (C=O) groups is 2. The number of hydrogen-bond acceptors (Lipinski definition) is 2. The Hall–Kier alpha value is -2.25. The van der Waals surface area contributed by atoms with E-state index in [4.69, 9.17) is 46.4 Å². The highest BCUT2D eigenvalue weighted by Gasteiger charge is 2.67. The third-order valence-corrected chi connectivity index (χ3v) is 6.97. The summed E-state index contributed by atoms with van der Waals surface area (Å²) in [4.78, 5) is 25.6. The molecule has 1 aliphatic carbocycles. The molecule has 0 bridgehead atoms. The Morgan fingerprint density at radius 1 is 0.912 bits per heavy atom. The summed E-state index contributed by atoms with van der Waals surface area (Å²) >= 11 is 24.6. The van der Waals surface area contributed by atoms with Crippen LogP contribution in [0.5, 0.6) is 0 Å². The largest absolute Gasteiger partial charge is 0.326 e. The zero-order valence-corrected chi connectivity index (χ0v) is 20.0. The molecule has 1 N–H and O–H groups in total. The van der Waals surface area contributed by atoms with Gasteiger partial charge in [0.05, 0.1) is 10.9 Å². The van der Waals surface area contributed by atoms with Gasteiger partial charge in [0.25, 0.3) is 0 Å². The summed E-state index contributed by atoms with van der Waals surface area (Å²) in [6.45, 7) is 0. The molecule has 1 aliphatic rings. The third-order valence-electron chi connectivity index (χ3n) is 5.48. The number of carbonyl (C=O) groups excluding carboxylic acids is 2. The molecule has 0 heterocycles. The molecule has 0 aliphatic heterocycles. The SMILES string of the molecule is O=C(Cc1ccc(F)cc1F)c1cc(NC(=O)C2C(c3cc(F)cc(Cl)c3)C2(Cl)Cl)ccc1Cl. The lowest BCUT2D eigenvalue weighted by Gasteiger charge is -2.10. The number of halogens is 7. The predicted molar refractivity (Wildman–Crippen MR) is 127 cm³/mol. The molecule has 0 radical (unpaired) electrons. The molecule has 0 aromatic heterocycles. The first-order valence-corrected chi connectivity index (χ1v) is 11.4. The maximum absolute atomic E-state index is 13.9. The van der Waals surface area contributed by atoms with Gasteiger partial charge < -0.3 is 5.32 Å². The van der Waals surface area contributed by atoms with Gasteiger partial charge in [-0.25, -0.2) is 13.2 Å². The monoisotopic (exact) mass is 545 g/mol. The molecule has 34 heavy (non-hydrogen) atoms. The molecule has 1 saturated carbocycles. The molecule has 10 heteroatoms. The van der Waals surface area contributed by atoms with E-state index in [0.717, 1.165) is 12.1 Å². The van der Waals surface area contributed by atoms with E-state index in [9.17, 15) is 22.8 Å². The molecule has 3 aromatic rings. The van der Waals surface area contributed by atoms with Crippen LogP contribution < -0.4 is 5.32 Å². The molecule has 0 saturated heterocycles. The molecule has 1 fully saturated rings. The van der Waals surface area contributed by atoms with Crippen LogP contribution in [-0.2, 0) is 11.2 Å². The highest BCUT2D eigenvalue weighted by Crippen LogP contribution is 2.65. The highest BCUT2D eigenvalue weighted by molar-refractivity contribution is 6.53. The first-order valence-electron chi connectivity index (χ1n) is 9.88. The summed E-state index contributed by atoms with van der Waals surface area (Å²) < 4.78 is 39.3. The molecular formula is C24H14Cl4F3NO2. The molecule has 176 valence electrons. The van der Waals surface area contributed by atoms with E-state index in [1.807, 2.05) is 0 Å². The first kappa shape index (κ1) is 24.9.